The van der Waals surface area contributed by atoms with Crippen LogP contribution in [0.3, 0.4) is 0 Å². The fourth-order valence-electron chi connectivity index (χ4n) is 4.81. The number of pyridine rings is 1. The lowest BCUT2D eigenvalue weighted by atomic mass is 10.0. The summed E-state index contributed by atoms with van der Waals surface area (Å²) in [4.78, 5) is 37.5. The van der Waals surface area contributed by atoms with E-state index in [4.69, 9.17) is 0 Å². The van der Waals surface area contributed by atoms with Gasteiger partial charge in [-0.25, -0.2) is 9.37 Å². The Morgan fingerprint density at radius 1 is 1.37 bits per heavy atom. The Labute approximate surface area is 175 Å². The highest BCUT2D eigenvalue weighted by atomic mass is 19.1. The number of anilines is 1. The van der Waals surface area contributed by atoms with E-state index in [2.05, 4.69) is 16.9 Å². The van der Waals surface area contributed by atoms with Crippen molar-refractivity contribution in [1.29, 1.82) is 0 Å². The zero-order chi connectivity index (χ0) is 21.6. The highest BCUT2D eigenvalue weighted by molar-refractivity contribution is 5.79. The van der Waals surface area contributed by atoms with Crippen molar-refractivity contribution in [3.63, 3.8) is 0 Å². The number of nitrogens with zero attached hydrogens (tertiary/aromatic N) is 5. The summed E-state index contributed by atoms with van der Waals surface area (Å²) >= 11 is 0. The molecule has 7 nitrogen and oxygen atoms in total. The second kappa shape index (κ2) is 7.81. The van der Waals surface area contributed by atoms with Crippen LogP contribution in [0.15, 0.2) is 29.3 Å². The second-order valence-corrected chi connectivity index (χ2v) is 8.56. The molecule has 1 saturated carbocycles. The first kappa shape index (κ1) is 20.5. The monoisotopic (exact) mass is 413 g/mol. The molecule has 0 spiro atoms. The topological polar surface area (TPSA) is 71.3 Å². The molecule has 1 aliphatic heterocycles. The Hall–Kier alpha value is -2.77. The molecule has 4 atom stereocenters. The van der Waals surface area contributed by atoms with Crippen molar-refractivity contribution in [3.8, 4) is 11.3 Å². The summed E-state index contributed by atoms with van der Waals surface area (Å²) in [6, 6.07) is 3.10. The summed E-state index contributed by atoms with van der Waals surface area (Å²) in [7, 11) is 3.59. The van der Waals surface area contributed by atoms with Gasteiger partial charge in [-0.2, -0.15) is 0 Å². The summed E-state index contributed by atoms with van der Waals surface area (Å²) in [5.74, 6) is 1.07. The zero-order valence-corrected chi connectivity index (χ0v) is 17.9. The fourth-order valence-corrected chi connectivity index (χ4v) is 4.81. The maximum atomic E-state index is 14.2. The number of aromatic nitrogens is 3. The number of rotatable bonds is 6. The van der Waals surface area contributed by atoms with Crippen molar-refractivity contribution >= 4 is 11.9 Å². The lowest BCUT2D eigenvalue weighted by Gasteiger charge is -2.27. The van der Waals surface area contributed by atoms with Crippen LogP contribution in [-0.2, 0) is 11.8 Å². The Morgan fingerprint density at radius 2 is 2.07 bits per heavy atom. The molecule has 0 bridgehead atoms. The van der Waals surface area contributed by atoms with Crippen LogP contribution in [0.4, 0.5) is 10.3 Å². The van der Waals surface area contributed by atoms with E-state index in [0.717, 1.165) is 32.1 Å². The lowest BCUT2D eigenvalue weighted by molar-refractivity contribution is -0.134. The Kier molecular flexibility index (Phi) is 5.34. The summed E-state index contributed by atoms with van der Waals surface area (Å²) in [6.07, 6.45) is 4.52. The molecule has 2 aromatic heterocycles. The molecule has 3 heterocycles. The minimum absolute atomic E-state index is 0.0677. The van der Waals surface area contributed by atoms with E-state index in [1.165, 1.54) is 22.9 Å². The van der Waals surface area contributed by atoms with Crippen molar-refractivity contribution < 1.29 is 9.18 Å². The molecule has 0 radical (unpaired) electrons. The molecule has 1 saturated heterocycles. The number of hydrogen-bond donors (Lipinski definition) is 0. The van der Waals surface area contributed by atoms with Gasteiger partial charge in [-0.3, -0.25) is 19.1 Å². The van der Waals surface area contributed by atoms with E-state index in [1.807, 2.05) is 23.8 Å². The largest absolute Gasteiger partial charge is 0.342 e. The number of carbonyl (C=O) groups is 1. The number of amides is 1. The van der Waals surface area contributed by atoms with Crippen molar-refractivity contribution in [1.82, 2.24) is 19.4 Å². The molecule has 1 aliphatic carbocycles. The average molecular weight is 413 g/mol. The quantitative estimate of drug-likeness (QED) is 0.727. The molecule has 4 rings (SSSR count). The van der Waals surface area contributed by atoms with E-state index in [-0.39, 0.29) is 29.0 Å². The van der Waals surface area contributed by atoms with Crippen LogP contribution in [0, 0.1) is 23.6 Å². The molecular formula is C22H28FN5O2. The molecule has 2 fully saturated rings. The van der Waals surface area contributed by atoms with Gasteiger partial charge in [-0.05, 0) is 12.5 Å². The van der Waals surface area contributed by atoms with Gasteiger partial charge < -0.3 is 9.80 Å². The van der Waals surface area contributed by atoms with Crippen LogP contribution in [0.2, 0.25) is 0 Å². The predicted octanol–water partition coefficient (Wildman–Crippen LogP) is 2.31. The van der Waals surface area contributed by atoms with Gasteiger partial charge in [0.25, 0.3) is 5.56 Å². The third-order valence-electron chi connectivity index (χ3n) is 6.53. The number of hydrogen-bond acceptors (Lipinski definition) is 5. The van der Waals surface area contributed by atoms with Crippen molar-refractivity contribution in [3.05, 3.63) is 40.7 Å². The molecule has 0 N–H and O–H groups in total. The van der Waals surface area contributed by atoms with Gasteiger partial charge in [0.1, 0.15) is 0 Å². The van der Waals surface area contributed by atoms with Crippen LogP contribution in [0.5, 0.6) is 0 Å². The first-order valence-electron chi connectivity index (χ1n) is 10.5. The minimum Gasteiger partial charge on any atom is -0.342 e. The maximum Gasteiger partial charge on any atom is 0.255 e. The van der Waals surface area contributed by atoms with E-state index in [1.54, 1.807) is 7.05 Å². The van der Waals surface area contributed by atoms with Gasteiger partial charge in [-0.15, -0.1) is 0 Å². The van der Waals surface area contributed by atoms with Gasteiger partial charge in [0.15, 0.2) is 5.82 Å². The Morgan fingerprint density at radius 3 is 2.70 bits per heavy atom. The summed E-state index contributed by atoms with van der Waals surface area (Å²) in [6.45, 7) is 5.60. The van der Waals surface area contributed by atoms with E-state index in [0.29, 0.717) is 23.5 Å². The number of piperidine rings is 1. The van der Waals surface area contributed by atoms with E-state index >= 15 is 0 Å². The summed E-state index contributed by atoms with van der Waals surface area (Å²) < 4.78 is 15.7. The molecule has 30 heavy (non-hydrogen) atoms. The smallest absolute Gasteiger partial charge is 0.255 e. The van der Waals surface area contributed by atoms with Crippen molar-refractivity contribution in [2.75, 3.05) is 25.0 Å². The Bertz CT molecular complexity index is 1010. The lowest BCUT2D eigenvalue weighted by Crippen LogP contribution is -2.40. The first-order valence-corrected chi connectivity index (χ1v) is 10.5. The van der Waals surface area contributed by atoms with Gasteiger partial charge in [0.2, 0.25) is 11.9 Å². The third kappa shape index (κ3) is 3.48. The van der Waals surface area contributed by atoms with Crippen molar-refractivity contribution in [2.24, 2.45) is 24.8 Å². The minimum atomic E-state index is -0.509. The van der Waals surface area contributed by atoms with E-state index in [9.17, 15) is 14.0 Å². The molecule has 8 heteroatoms. The summed E-state index contributed by atoms with van der Waals surface area (Å²) in [5, 5.41) is 0. The molecule has 2 aliphatic rings. The SMILES string of the molecule is CCCC(C)C(=O)N1C[C@@H]2[C@H](C1)[C@@H]2N(C)c1nc(-c2ccncc2F)cc(=O)n1C. The number of fused-ring (bicyclic) bond motifs is 1. The number of likely N-dealkylation sites (tertiary alicyclic amines) is 1. The maximum absolute atomic E-state index is 14.2. The van der Waals surface area contributed by atoms with Crippen LogP contribution in [0.25, 0.3) is 11.3 Å². The van der Waals surface area contributed by atoms with Crippen LogP contribution < -0.4 is 10.5 Å². The predicted molar refractivity (Wildman–Crippen MR) is 112 cm³/mol. The molecule has 0 aromatic carbocycles. The van der Waals surface area contributed by atoms with Gasteiger partial charge in [-0.1, -0.05) is 20.3 Å². The van der Waals surface area contributed by atoms with Gasteiger partial charge >= 0.3 is 0 Å². The zero-order valence-electron chi connectivity index (χ0n) is 17.9. The van der Waals surface area contributed by atoms with Crippen LogP contribution >= 0.6 is 0 Å². The van der Waals surface area contributed by atoms with Gasteiger partial charge in [0, 0.05) is 68.8 Å². The fraction of sp³-hybridized carbons (Fsp3) is 0.545. The van der Waals surface area contributed by atoms with Crippen LogP contribution in [-0.4, -0.2) is 51.5 Å². The highest BCUT2D eigenvalue weighted by Crippen LogP contribution is 2.49. The number of halogens is 1. The normalized spacial score (nSPS) is 23.2. The van der Waals surface area contributed by atoms with E-state index < -0.39 is 5.82 Å². The highest BCUT2D eigenvalue weighted by Gasteiger charge is 2.59. The number of carbonyl (C=O) groups excluding carboxylic acids is 1. The second-order valence-electron chi connectivity index (χ2n) is 8.56. The molecular weight excluding hydrogens is 385 g/mol. The molecule has 1 amide bonds. The molecule has 2 aromatic rings. The average Bonchev–Trinajstić information content (AvgIpc) is 3.22. The molecule has 160 valence electrons. The van der Waals surface area contributed by atoms with Gasteiger partial charge in [0.05, 0.1) is 11.9 Å². The standard InChI is InChI=1S/C22H28FN5O2/c1-5-6-13(2)21(30)28-11-15-16(12-28)20(15)27(4)22-25-18(9-19(29)26(22)3)14-7-8-24-10-17(14)23/h7-10,13,15-16,20H,5-6,11-12H2,1-4H3/t13?,15-,16+,20-. The summed E-state index contributed by atoms with van der Waals surface area (Å²) in [5.41, 5.74) is 0.319. The molecule has 1 unspecified atom stereocenters. The van der Waals surface area contributed by atoms with Crippen LogP contribution in [0.1, 0.15) is 26.7 Å². The third-order valence-corrected chi connectivity index (χ3v) is 6.53. The van der Waals surface area contributed by atoms with Crippen molar-refractivity contribution in [2.45, 2.75) is 32.7 Å². The Balaban J connectivity index is 1.52. The first-order chi connectivity index (χ1) is 14.3.